The van der Waals surface area contributed by atoms with Gasteiger partial charge in [-0.25, -0.2) is 0 Å². The van der Waals surface area contributed by atoms with Gasteiger partial charge < -0.3 is 5.73 Å². The first-order valence-electron chi connectivity index (χ1n) is 6.18. The van der Waals surface area contributed by atoms with Crippen molar-refractivity contribution in [3.05, 3.63) is 40.0 Å². The topological polar surface area (TPSA) is 43.8 Å². The minimum absolute atomic E-state index is 0.161. The second-order valence-corrected chi connectivity index (χ2v) is 6.76. The molecule has 3 nitrogen and oxygen atoms in total. The van der Waals surface area contributed by atoms with Crippen molar-refractivity contribution in [2.24, 2.45) is 12.8 Å². The van der Waals surface area contributed by atoms with E-state index >= 15 is 0 Å². The van der Waals surface area contributed by atoms with Crippen LogP contribution in [-0.4, -0.2) is 15.8 Å². The van der Waals surface area contributed by atoms with E-state index in [2.05, 4.69) is 45.3 Å². The number of nitrogens with zero attached hydrogens (tertiary/aromatic N) is 2. The van der Waals surface area contributed by atoms with Gasteiger partial charge in [0, 0.05) is 22.5 Å². The van der Waals surface area contributed by atoms with E-state index in [1.165, 1.54) is 10.5 Å². The lowest BCUT2D eigenvalue weighted by molar-refractivity contribution is 0.691. The van der Waals surface area contributed by atoms with Crippen LogP contribution in [0.15, 0.2) is 38.7 Å². The molecule has 1 unspecified atom stereocenters. The molecule has 0 aliphatic rings. The molecule has 102 valence electrons. The summed E-state index contributed by atoms with van der Waals surface area (Å²) in [6.45, 7) is 4.04. The molecule has 2 rings (SSSR count). The number of nitrogens with two attached hydrogens (primary N) is 1. The maximum absolute atomic E-state index is 5.92. The van der Waals surface area contributed by atoms with Gasteiger partial charge in [-0.05, 0) is 44.0 Å². The molecule has 1 aromatic heterocycles. The molecule has 1 aromatic carbocycles. The Balaban J connectivity index is 2.32. The SMILES string of the molecule is Cc1cc(Sc2cc(Br)ccc2CC(C)N)n(C)n1. The molecule has 0 saturated carbocycles. The van der Waals surface area contributed by atoms with Crippen molar-refractivity contribution >= 4 is 27.7 Å². The number of benzene rings is 1. The Morgan fingerprint density at radius 2 is 2.16 bits per heavy atom. The summed E-state index contributed by atoms with van der Waals surface area (Å²) in [5.41, 5.74) is 8.24. The summed E-state index contributed by atoms with van der Waals surface area (Å²) in [4.78, 5) is 1.23. The van der Waals surface area contributed by atoms with Crippen LogP contribution in [0.4, 0.5) is 0 Å². The Bertz CT molecular complexity index is 578. The molecule has 1 heterocycles. The number of halogens is 1. The minimum atomic E-state index is 0.161. The second kappa shape index (κ2) is 6.11. The first-order valence-corrected chi connectivity index (χ1v) is 7.79. The average molecular weight is 340 g/mol. The molecule has 0 spiro atoms. The Kier molecular flexibility index (Phi) is 4.71. The smallest absolute Gasteiger partial charge is 0.0987 e. The van der Waals surface area contributed by atoms with Gasteiger partial charge in [0.15, 0.2) is 0 Å². The van der Waals surface area contributed by atoms with Crippen LogP contribution in [0.3, 0.4) is 0 Å². The third-order valence-corrected chi connectivity index (χ3v) is 4.43. The predicted molar refractivity (Wildman–Crippen MR) is 83.6 cm³/mol. The Morgan fingerprint density at radius 1 is 1.42 bits per heavy atom. The van der Waals surface area contributed by atoms with Crippen molar-refractivity contribution in [1.29, 1.82) is 0 Å². The third kappa shape index (κ3) is 3.84. The fourth-order valence-electron chi connectivity index (χ4n) is 1.93. The van der Waals surface area contributed by atoms with Crippen molar-refractivity contribution in [3.8, 4) is 0 Å². The van der Waals surface area contributed by atoms with Gasteiger partial charge in [0.25, 0.3) is 0 Å². The van der Waals surface area contributed by atoms with E-state index in [1.807, 2.05) is 25.6 Å². The van der Waals surface area contributed by atoms with Gasteiger partial charge in [0.2, 0.25) is 0 Å². The van der Waals surface area contributed by atoms with E-state index in [4.69, 9.17) is 5.73 Å². The molecule has 0 aliphatic heterocycles. The standard InChI is InChI=1S/C14H18BrN3S/c1-9(16)6-11-4-5-12(15)8-13(11)19-14-7-10(2)17-18(14)3/h4-5,7-9H,6,16H2,1-3H3. The normalized spacial score (nSPS) is 12.7. The summed E-state index contributed by atoms with van der Waals surface area (Å²) in [6.07, 6.45) is 0.881. The minimum Gasteiger partial charge on any atom is -0.328 e. The Hall–Kier alpha value is -0.780. The molecule has 0 amide bonds. The van der Waals surface area contributed by atoms with Crippen LogP contribution in [0.2, 0.25) is 0 Å². The van der Waals surface area contributed by atoms with E-state index in [0.29, 0.717) is 0 Å². The average Bonchev–Trinajstić information content (AvgIpc) is 2.61. The van der Waals surface area contributed by atoms with Gasteiger partial charge >= 0.3 is 0 Å². The molecule has 0 aliphatic carbocycles. The van der Waals surface area contributed by atoms with Crippen molar-refractivity contribution < 1.29 is 0 Å². The fourth-order valence-corrected chi connectivity index (χ4v) is 3.54. The molecule has 0 bridgehead atoms. The summed E-state index contributed by atoms with van der Waals surface area (Å²) < 4.78 is 3.00. The molecule has 2 N–H and O–H groups in total. The number of rotatable bonds is 4. The molecule has 0 radical (unpaired) electrons. The molecule has 0 saturated heterocycles. The monoisotopic (exact) mass is 339 g/mol. The molecule has 2 aromatic rings. The van der Waals surface area contributed by atoms with Gasteiger partial charge in [0.05, 0.1) is 10.7 Å². The highest BCUT2D eigenvalue weighted by Gasteiger charge is 2.10. The summed E-state index contributed by atoms with van der Waals surface area (Å²) in [7, 11) is 1.97. The second-order valence-electron chi connectivity index (χ2n) is 4.78. The number of aryl methyl sites for hydroxylation is 2. The van der Waals surface area contributed by atoms with E-state index in [9.17, 15) is 0 Å². The lowest BCUT2D eigenvalue weighted by atomic mass is 10.1. The summed E-state index contributed by atoms with van der Waals surface area (Å²) in [6, 6.07) is 8.61. The largest absolute Gasteiger partial charge is 0.328 e. The van der Waals surface area contributed by atoms with Crippen molar-refractivity contribution in [2.45, 2.75) is 36.2 Å². The number of hydrogen-bond acceptors (Lipinski definition) is 3. The Morgan fingerprint density at radius 3 is 2.74 bits per heavy atom. The number of aromatic nitrogens is 2. The molecule has 1 atom stereocenters. The fraction of sp³-hybridized carbons (Fsp3) is 0.357. The van der Waals surface area contributed by atoms with Gasteiger partial charge in [-0.2, -0.15) is 5.10 Å². The number of hydrogen-bond donors (Lipinski definition) is 1. The van der Waals surface area contributed by atoms with Crippen LogP contribution in [-0.2, 0) is 13.5 Å². The van der Waals surface area contributed by atoms with E-state index in [-0.39, 0.29) is 6.04 Å². The van der Waals surface area contributed by atoms with Crippen LogP contribution in [0.5, 0.6) is 0 Å². The molecule has 0 fully saturated rings. The predicted octanol–water partition coefficient (Wildman–Crippen LogP) is 3.53. The zero-order chi connectivity index (χ0) is 14.0. The molecule has 19 heavy (non-hydrogen) atoms. The van der Waals surface area contributed by atoms with Gasteiger partial charge in [-0.15, -0.1) is 0 Å². The van der Waals surface area contributed by atoms with Crippen LogP contribution >= 0.6 is 27.7 Å². The third-order valence-electron chi connectivity index (χ3n) is 2.74. The van der Waals surface area contributed by atoms with E-state index in [0.717, 1.165) is 21.6 Å². The van der Waals surface area contributed by atoms with Gasteiger partial charge in [-0.3, -0.25) is 4.68 Å². The van der Waals surface area contributed by atoms with Crippen LogP contribution in [0.1, 0.15) is 18.2 Å². The van der Waals surface area contributed by atoms with Crippen LogP contribution in [0.25, 0.3) is 0 Å². The summed E-state index contributed by atoms with van der Waals surface area (Å²) >= 11 is 5.27. The van der Waals surface area contributed by atoms with Crippen LogP contribution < -0.4 is 5.73 Å². The maximum atomic E-state index is 5.92. The molecule has 5 heteroatoms. The van der Waals surface area contributed by atoms with Crippen molar-refractivity contribution in [3.63, 3.8) is 0 Å². The first kappa shape index (κ1) is 14.6. The Labute approximate surface area is 126 Å². The zero-order valence-electron chi connectivity index (χ0n) is 11.4. The zero-order valence-corrected chi connectivity index (χ0v) is 13.8. The summed E-state index contributed by atoms with van der Waals surface area (Å²) in [5, 5.41) is 5.52. The summed E-state index contributed by atoms with van der Waals surface area (Å²) in [5.74, 6) is 0. The van der Waals surface area contributed by atoms with Crippen LogP contribution in [0, 0.1) is 6.92 Å². The first-order chi connectivity index (χ1) is 8.95. The van der Waals surface area contributed by atoms with E-state index in [1.54, 1.807) is 11.8 Å². The lowest BCUT2D eigenvalue weighted by Gasteiger charge is -2.12. The molecular formula is C14H18BrN3S. The van der Waals surface area contributed by atoms with Crippen molar-refractivity contribution in [2.75, 3.05) is 0 Å². The van der Waals surface area contributed by atoms with Gasteiger partial charge in [-0.1, -0.05) is 33.8 Å². The van der Waals surface area contributed by atoms with Crippen molar-refractivity contribution in [1.82, 2.24) is 9.78 Å². The maximum Gasteiger partial charge on any atom is 0.0987 e. The van der Waals surface area contributed by atoms with Gasteiger partial charge in [0.1, 0.15) is 0 Å². The molecular weight excluding hydrogens is 322 g/mol. The van der Waals surface area contributed by atoms with E-state index < -0.39 is 0 Å². The highest BCUT2D eigenvalue weighted by atomic mass is 79.9. The highest BCUT2D eigenvalue weighted by molar-refractivity contribution is 9.10. The lowest BCUT2D eigenvalue weighted by Crippen LogP contribution is -2.18. The highest BCUT2D eigenvalue weighted by Crippen LogP contribution is 2.33. The quantitative estimate of drug-likeness (QED) is 0.926.